The Kier molecular flexibility index (Phi) is 6.34. The van der Waals surface area contributed by atoms with Crippen LogP contribution in [0.15, 0.2) is 59.4 Å². The maximum absolute atomic E-state index is 12.7. The molecule has 2 heterocycles. The lowest BCUT2D eigenvalue weighted by molar-refractivity contribution is 0.0950. The molecule has 4 aromatic rings. The Morgan fingerprint density at radius 3 is 2.65 bits per heavy atom. The van der Waals surface area contributed by atoms with Gasteiger partial charge in [-0.2, -0.15) is 0 Å². The van der Waals surface area contributed by atoms with E-state index in [0.717, 1.165) is 5.56 Å². The van der Waals surface area contributed by atoms with Gasteiger partial charge in [0.05, 0.1) is 16.8 Å². The molecule has 6 nitrogen and oxygen atoms in total. The first-order chi connectivity index (χ1) is 15.0. The molecule has 0 aliphatic heterocycles. The molecule has 0 atom stereocenters. The highest BCUT2D eigenvalue weighted by molar-refractivity contribution is 7.20. The van der Waals surface area contributed by atoms with Crippen LogP contribution in [0.1, 0.15) is 26.6 Å². The summed E-state index contributed by atoms with van der Waals surface area (Å²) in [6, 6.07) is 16.8. The summed E-state index contributed by atoms with van der Waals surface area (Å²) in [5, 5.41) is 3.93. The van der Waals surface area contributed by atoms with Gasteiger partial charge in [0.15, 0.2) is 0 Å². The molecule has 0 aliphatic carbocycles. The van der Waals surface area contributed by atoms with E-state index in [1.807, 2.05) is 30.3 Å². The van der Waals surface area contributed by atoms with Crippen molar-refractivity contribution in [3.8, 4) is 5.75 Å². The van der Waals surface area contributed by atoms with E-state index >= 15 is 0 Å². The average molecular weight is 454 g/mol. The van der Waals surface area contributed by atoms with E-state index in [4.69, 9.17) is 16.3 Å². The van der Waals surface area contributed by atoms with Crippen molar-refractivity contribution in [2.45, 2.75) is 13.3 Å². The summed E-state index contributed by atoms with van der Waals surface area (Å²) in [5.74, 6) is 1.01. The van der Waals surface area contributed by atoms with Gasteiger partial charge in [0.25, 0.3) is 11.5 Å². The number of rotatable bonds is 7. The monoisotopic (exact) mass is 453 g/mol. The fourth-order valence-corrected chi connectivity index (χ4v) is 4.47. The van der Waals surface area contributed by atoms with Crippen LogP contribution >= 0.6 is 22.9 Å². The Bertz CT molecular complexity index is 1270. The first-order valence-corrected chi connectivity index (χ1v) is 10.9. The number of aryl methyl sites for hydroxylation is 1. The van der Waals surface area contributed by atoms with Crippen molar-refractivity contribution in [1.29, 1.82) is 0 Å². The van der Waals surface area contributed by atoms with E-state index in [2.05, 4.69) is 15.3 Å². The lowest BCUT2D eigenvalue weighted by Crippen LogP contribution is -2.28. The Morgan fingerprint density at radius 2 is 1.90 bits per heavy atom. The third-order valence-electron chi connectivity index (χ3n) is 4.74. The molecular weight excluding hydrogens is 434 g/mol. The molecule has 8 heteroatoms. The summed E-state index contributed by atoms with van der Waals surface area (Å²) in [4.78, 5) is 33.8. The third-order valence-corrected chi connectivity index (χ3v) is 6.18. The van der Waals surface area contributed by atoms with Gasteiger partial charge in [-0.3, -0.25) is 9.59 Å². The van der Waals surface area contributed by atoms with Gasteiger partial charge in [0.1, 0.15) is 23.0 Å². The van der Waals surface area contributed by atoms with Crippen molar-refractivity contribution in [2.24, 2.45) is 0 Å². The van der Waals surface area contributed by atoms with Gasteiger partial charge < -0.3 is 15.0 Å². The molecule has 31 heavy (non-hydrogen) atoms. The Hall–Kier alpha value is -3.16. The standard InChI is InChI=1S/C23H20ClN3O3S/c1-14-19-21(28)26-18(13-15-5-3-2-4-6-15)27-23(19)31-20(14)22(29)25-11-12-30-17-9-7-16(24)8-10-17/h2-10H,11-13H2,1H3,(H,25,29)(H,26,27,28). The molecule has 0 unspecified atom stereocenters. The van der Waals surface area contributed by atoms with E-state index in [1.54, 1.807) is 31.2 Å². The number of halogens is 1. The SMILES string of the molecule is Cc1c(C(=O)NCCOc2ccc(Cl)cc2)sc2nc(Cc3ccccc3)[nH]c(=O)c12. The third kappa shape index (κ3) is 4.95. The van der Waals surface area contributed by atoms with Crippen LogP contribution in [0.3, 0.4) is 0 Å². The highest BCUT2D eigenvalue weighted by Gasteiger charge is 2.19. The quantitative estimate of drug-likeness (QED) is 0.407. The first kappa shape index (κ1) is 21.1. The molecule has 158 valence electrons. The summed E-state index contributed by atoms with van der Waals surface area (Å²) < 4.78 is 5.59. The summed E-state index contributed by atoms with van der Waals surface area (Å²) in [5.41, 5.74) is 1.46. The zero-order valence-corrected chi connectivity index (χ0v) is 18.3. The zero-order chi connectivity index (χ0) is 21.8. The predicted octanol–water partition coefficient (Wildman–Crippen LogP) is 4.35. The largest absolute Gasteiger partial charge is 0.492 e. The smallest absolute Gasteiger partial charge is 0.261 e. The predicted molar refractivity (Wildman–Crippen MR) is 124 cm³/mol. The van der Waals surface area contributed by atoms with E-state index in [9.17, 15) is 9.59 Å². The van der Waals surface area contributed by atoms with E-state index in [0.29, 0.717) is 56.8 Å². The molecule has 2 aromatic carbocycles. The van der Waals surface area contributed by atoms with Gasteiger partial charge in [0.2, 0.25) is 0 Å². The van der Waals surface area contributed by atoms with Crippen LogP contribution in [-0.4, -0.2) is 29.0 Å². The Balaban J connectivity index is 1.45. The van der Waals surface area contributed by atoms with Crippen LogP contribution in [0, 0.1) is 6.92 Å². The van der Waals surface area contributed by atoms with Gasteiger partial charge in [-0.1, -0.05) is 41.9 Å². The fraction of sp³-hybridized carbons (Fsp3) is 0.174. The minimum Gasteiger partial charge on any atom is -0.492 e. The molecule has 0 bridgehead atoms. The minimum absolute atomic E-state index is 0.227. The van der Waals surface area contributed by atoms with Crippen molar-refractivity contribution in [3.63, 3.8) is 0 Å². The number of fused-ring (bicyclic) bond motifs is 1. The van der Waals surface area contributed by atoms with Crippen molar-refractivity contribution < 1.29 is 9.53 Å². The minimum atomic E-state index is -0.246. The normalized spacial score (nSPS) is 10.9. The maximum atomic E-state index is 12.7. The number of nitrogens with zero attached hydrogens (tertiary/aromatic N) is 1. The van der Waals surface area contributed by atoms with Crippen LogP contribution in [0.5, 0.6) is 5.75 Å². The lowest BCUT2D eigenvalue weighted by Gasteiger charge is -2.07. The molecule has 0 saturated heterocycles. The van der Waals surface area contributed by atoms with Crippen LogP contribution < -0.4 is 15.6 Å². The first-order valence-electron chi connectivity index (χ1n) is 9.74. The number of nitrogens with one attached hydrogen (secondary N) is 2. The van der Waals surface area contributed by atoms with Crippen LogP contribution in [0.25, 0.3) is 10.2 Å². The van der Waals surface area contributed by atoms with E-state index in [-0.39, 0.29) is 11.5 Å². The maximum Gasteiger partial charge on any atom is 0.261 e. The van der Waals surface area contributed by atoms with Crippen LogP contribution in [0.4, 0.5) is 0 Å². The molecule has 2 N–H and O–H groups in total. The number of hydrogen-bond donors (Lipinski definition) is 2. The number of hydrogen-bond acceptors (Lipinski definition) is 5. The number of thiophene rings is 1. The molecule has 0 spiro atoms. The number of carbonyl (C=O) groups excluding carboxylic acids is 1. The number of benzene rings is 2. The van der Waals surface area contributed by atoms with Crippen molar-refractivity contribution >= 4 is 39.1 Å². The summed E-state index contributed by atoms with van der Waals surface area (Å²) in [6.07, 6.45) is 0.520. The second kappa shape index (κ2) is 9.32. The van der Waals surface area contributed by atoms with Gasteiger partial charge >= 0.3 is 0 Å². The Morgan fingerprint density at radius 1 is 1.16 bits per heavy atom. The molecule has 0 fully saturated rings. The molecule has 0 radical (unpaired) electrons. The number of amides is 1. The summed E-state index contributed by atoms with van der Waals surface area (Å²) in [7, 11) is 0. The van der Waals surface area contributed by atoms with Crippen molar-refractivity contribution in [2.75, 3.05) is 13.2 Å². The van der Waals surface area contributed by atoms with Gasteiger partial charge in [-0.05, 0) is 42.3 Å². The lowest BCUT2D eigenvalue weighted by atomic mass is 10.1. The number of carbonyl (C=O) groups is 1. The van der Waals surface area contributed by atoms with Gasteiger partial charge in [0, 0.05) is 11.4 Å². The molecule has 0 saturated carbocycles. The second-order valence-electron chi connectivity index (χ2n) is 6.97. The molecule has 0 aliphatic rings. The highest BCUT2D eigenvalue weighted by atomic mass is 35.5. The highest BCUT2D eigenvalue weighted by Crippen LogP contribution is 2.27. The second-order valence-corrected chi connectivity index (χ2v) is 8.41. The number of H-pyrrole nitrogens is 1. The summed E-state index contributed by atoms with van der Waals surface area (Å²) in [6.45, 7) is 2.42. The molecule has 1 amide bonds. The fourth-order valence-electron chi connectivity index (χ4n) is 3.22. The zero-order valence-electron chi connectivity index (χ0n) is 16.8. The summed E-state index contributed by atoms with van der Waals surface area (Å²) >= 11 is 7.08. The van der Waals surface area contributed by atoms with E-state index < -0.39 is 0 Å². The van der Waals surface area contributed by atoms with Gasteiger partial charge in [-0.15, -0.1) is 11.3 Å². The van der Waals surface area contributed by atoms with Crippen molar-refractivity contribution in [3.05, 3.63) is 91.8 Å². The topological polar surface area (TPSA) is 84.1 Å². The number of ether oxygens (including phenoxy) is 1. The number of aromatic nitrogens is 2. The average Bonchev–Trinajstić information content (AvgIpc) is 3.10. The number of aromatic amines is 1. The van der Waals surface area contributed by atoms with Gasteiger partial charge in [-0.25, -0.2) is 4.98 Å². The van der Waals surface area contributed by atoms with Crippen molar-refractivity contribution in [1.82, 2.24) is 15.3 Å². The Labute approximate surface area is 187 Å². The van der Waals surface area contributed by atoms with Crippen LogP contribution in [-0.2, 0) is 6.42 Å². The molecule has 4 rings (SSSR count). The molecular formula is C23H20ClN3O3S. The van der Waals surface area contributed by atoms with E-state index in [1.165, 1.54) is 11.3 Å². The molecule has 2 aromatic heterocycles. The van der Waals surface area contributed by atoms with Crippen LogP contribution in [0.2, 0.25) is 5.02 Å².